The van der Waals surface area contributed by atoms with Gasteiger partial charge in [-0.15, -0.1) is 0 Å². The van der Waals surface area contributed by atoms with Gasteiger partial charge in [-0.3, -0.25) is 10.1 Å². The van der Waals surface area contributed by atoms with Crippen LogP contribution in [0.1, 0.15) is 65.2 Å². The topological polar surface area (TPSA) is 32.3 Å². The lowest BCUT2D eigenvalue weighted by Crippen LogP contribution is -2.45. The van der Waals surface area contributed by atoms with Crippen LogP contribution in [0.15, 0.2) is 0 Å². The van der Waals surface area contributed by atoms with E-state index in [2.05, 4.69) is 24.1 Å². The van der Waals surface area contributed by atoms with Gasteiger partial charge < -0.3 is 4.90 Å². The maximum absolute atomic E-state index is 12.8. The molecule has 0 aromatic heterocycles. The van der Waals surface area contributed by atoms with Crippen LogP contribution in [-0.2, 0) is 4.79 Å². The van der Waals surface area contributed by atoms with Crippen molar-refractivity contribution in [2.24, 2.45) is 11.8 Å². The molecule has 0 radical (unpaired) electrons. The van der Waals surface area contributed by atoms with Gasteiger partial charge in [0, 0.05) is 6.54 Å². The molecule has 1 N–H and O–H groups in total. The van der Waals surface area contributed by atoms with E-state index in [1.165, 1.54) is 38.5 Å². The van der Waals surface area contributed by atoms with E-state index in [9.17, 15) is 4.79 Å². The Labute approximate surface area is 117 Å². The molecule has 1 heterocycles. The lowest BCUT2D eigenvalue weighted by Gasteiger charge is -2.31. The number of hydrogen-bond donors (Lipinski definition) is 1. The van der Waals surface area contributed by atoms with Crippen LogP contribution in [0.25, 0.3) is 0 Å². The third kappa shape index (κ3) is 2.31. The fourth-order valence-electron chi connectivity index (χ4n) is 4.03. The van der Waals surface area contributed by atoms with Crippen LogP contribution in [0.5, 0.6) is 0 Å². The van der Waals surface area contributed by atoms with Crippen molar-refractivity contribution in [1.82, 2.24) is 10.2 Å². The highest BCUT2D eigenvalue weighted by molar-refractivity contribution is 5.89. The Morgan fingerprint density at radius 3 is 2.47 bits per heavy atom. The van der Waals surface area contributed by atoms with Gasteiger partial charge in [-0.2, -0.15) is 0 Å². The largest absolute Gasteiger partial charge is 0.325 e. The SMILES string of the molecule is CC(C)C1NC2(CCCC2)C(=O)N1CCC1CCC1. The summed E-state index contributed by atoms with van der Waals surface area (Å²) in [7, 11) is 0. The van der Waals surface area contributed by atoms with Gasteiger partial charge >= 0.3 is 0 Å². The van der Waals surface area contributed by atoms with Gasteiger partial charge in [-0.05, 0) is 31.1 Å². The summed E-state index contributed by atoms with van der Waals surface area (Å²) in [5, 5.41) is 3.70. The fourth-order valence-corrected chi connectivity index (χ4v) is 4.03. The molecule has 1 amide bonds. The molecule has 108 valence electrons. The van der Waals surface area contributed by atoms with E-state index in [0.717, 1.165) is 25.3 Å². The average Bonchev–Trinajstić information content (AvgIpc) is 2.88. The van der Waals surface area contributed by atoms with E-state index in [-0.39, 0.29) is 11.7 Å². The standard InChI is InChI=1S/C16H28N2O/c1-12(2)14-17-16(9-3-4-10-16)15(19)18(14)11-8-13-6-5-7-13/h12-14,17H,3-11H2,1-2H3. The van der Waals surface area contributed by atoms with Gasteiger partial charge in [0.05, 0.1) is 11.7 Å². The summed E-state index contributed by atoms with van der Waals surface area (Å²) in [6.45, 7) is 5.44. The van der Waals surface area contributed by atoms with Gasteiger partial charge in [0.2, 0.25) is 5.91 Å². The minimum atomic E-state index is -0.186. The first kappa shape index (κ1) is 13.4. The zero-order valence-corrected chi connectivity index (χ0v) is 12.5. The predicted molar refractivity (Wildman–Crippen MR) is 76.6 cm³/mol. The maximum Gasteiger partial charge on any atom is 0.244 e. The highest BCUT2D eigenvalue weighted by atomic mass is 16.2. The van der Waals surface area contributed by atoms with Crippen LogP contribution in [0.4, 0.5) is 0 Å². The van der Waals surface area contributed by atoms with E-state index < -0.39 is 0 Å². The van der Waals surface area contributed by atoms with Crippen LogP contribution in [0.2, 0.25) is 0 Å². The van der Waals surface area contributed by atoms with E-state index in [4.69, 9.17) is 0 Å². The first-order chi connectivity index (χ1) is 9.12. The molecule has 0 aromatic rings. The molecule has 1 aliphatic heterocycles. The summed E-state index contributed by atoms with van der Waals surface area (Å²) in [6.07, 6.45) is 10.2. The molecule has 1 unspecified atom stereocenters. The predicted octanol–water partition coefficient (Wildman–Crippen LogP) is 2.90. The molecule has 1 saturated heterocycles. The van der Waals surface area contributed by atoms with Gasteiger partial charge in [0.25, 0.3) is 0 Å². The van der Waals surface area contributed by atoms with Gasteiger partial charge in [0.1, 0.15) is 0 Å². The third-order valence-corrected chi connectivity index (χ3v) is 5.52. The van der Waals surface area contributed by atoms with Crippen molar-refractivity contribution < 1.29 is 4.79 Å². The summed E-state index contributed by atoms with van der Waals surface area (Å²) < 4.78 is 0. The summed E-state index contributed by atoms with van der Waals surface area (Å²) in [6, 6.07) is 0. The molecule has 3 heteroatoms. The van der Waals surface area contributed by atoms with Crippen molar-refractivity contribution in [3.05, 3.63) is 0 Å². The molecule has 2 saturated carbocycles. The van der Waals surface area contributed by atoms with Crippen LogP contribution >= 0.6 is 0 Å². The number of amides is 1. The lowest BCUT2D eigenvalue weighted by atomic mass is 9.83. The lowest BCUT2D eigenvalue weighted by molar-refractivity contribution is -0.133. The molecule has 3 rings (SSSR count). The number of hydrogen-bond acceptors (Lipinski definition) is 2. The normalized spacial score (nSPS) is 30.6. The van der Waals surface area contributed by atoms with Crippen LogP contribution in [0, 0.1) is 11.8 Å². The Bertz CT molecular complexity index is 343. The van der Waals surface area contributed by atoms with Crippen LogP contribution in [-0.4, -0.2) is 29.1 Å². The van der Waals surface area contributed by atoms with Crippen molar-refractivity contribution in [2.75, 3.05) is 6.54 Å². The van der Waals surface area contributed by atoms with E-state index in [1.807, 2.05) is 0 Å². The maximum atomic E-state index is 12.8. The molecule has 3 aliphatic rings. The first-order valence-corrected chi connectivity index (χ1v) is 8.21. The summed E-state index contributed by atoms with van der Waals surface area (Å²) in [5.74, 6) is 1.80. The summed E-state index contributed by atoms with van der Waals surface area (Å²) >= 11 is 0. The smallest absolute Gasteiger partial charge is 0.244 e. The molecular weight excluding hydrogens is 236 g/mol. The molecule has 19 heavy (non-hydrogen) atoms. The number of nitrogens with zero attached hydrogens (tertiary/aromatic N) is 1. The van der Waals surface area contributed by atoms with E-state index in [0.29, 0.717) is 11.8 Å². The van der Waals surface area contributed by atoms with Crippen LogP contribution < -0.4 is 5.32 Å². The second-order valence-corrected chi connectivity index (χ2v) is 7.21. The van der Waals surface area contributed by atoms with E-state index in [1.54, 1.807) is 0 Å². The molecule has 3 fully saturated rings. The number of nitrogens with one attached hydrogen (secondary N) is 1. The van der Waals surface area contributed by atoms with Crippen molar-refractivity contribution >= 4 is 5.91 Å². The first-order valence-electron chi connectivity index (χ1n) is 8.21. The molecule has 0 bridgehead atoms. The Balaban J connectivity index is 1.69. The van der Waals surface area contributed by atoms with Gasteiger partial charge in [0.15, 0.2) is 0 Å². The average molecular weight is 264 g/mol. The zero-order chi connectivity index (χ0) is 13.5. The molecule has 0 aromatic carbocycles. The molecule has 1 spiro atoms. The molecule has 2 aliphatic carbocycles. The second-order valence-electron chi connectivity index (χ2n) is 7.21. The van der Waals surface area contributed by atoms with Gasteiger partial charge in [-0.25, -0.2) is 0 Å². The minimum absolute atomic E-state index is 0.186. The molecular formula is C16H28N2O. The highest BCUT2D eigenvalue weighted by Gasteiger charge is 2.52. The summed E-state index contributed by atoms with van der Waals surface area (Å²) in [4.78, 5) is 15.0. The fraction of sp³-hybridized carbons (Fsp3) is 0.938. The minimum Gasteiger partial charge on any atom is -0.325 e. The Morgan fingerprint density at radius 2 is 1.95 bits per heavy atom. The van der Waals surface area contributed by atoms with Crippen molar-refractivity contribution in [2.45, 2.75) is 76.9 Å². The number of carbonyl (C=O) groups excluding carboxylic acids is 1. The zero-order valence-electron chi connectivity index (χ0n) is 12.5. The van der Waals surface area contributed by atoms with Crippen molar-refractivity contribution in [1.29, 1.82) is 0 Å². The van der Waals surface area contributed by atoms with Crippen LogP contribution in [0.3, 0.4) is 0 Å². The second kappa shape index (κ2) is 5.08. The highest BCUT2D eigenvalue weighted by Crippen LogP contribution is 2.38. The van der Waals surface area contributed by atoms with Crippen molar-refractivity contribution in [3.63, 3.8) is 0 Å². The van der Waals surface area contributed by atoms with Gasteiger partial charge in [-0.1, -0.05) is 46.0 Å². The number of carbonyl (C=O) groups is 1. The number of rotatable bonds is 4. The third-order valence-electron chi connectivity index (χ3n) is 5.52. The Hall–Kier alpha value is -0.570. The Kier molecular flexibility index (Phi) is 3.59. The van der Waals surface area contributed by atoms with E-state index >= 15 is 0 Å². The summed E-state index contributed by atoms with van der Waals surface area (Å²) in [5.41, 5.74) is -0.186. The molecule has 3 nitrogen and oxygen atoms in total. The quantitative estimate of drug-likeness (QED) is 0.847. The Morgan fingerprint density at radius 1 is 1.26 bits per heavy atom. The van der Waals surface area contributed by atoms with Crippen molar-refractivity contribution in [3.8, 4) is 0 Å². The molecule has 1 atom stereocenters. The monoisotopic (exact) mass is 264 g/mol.